The minimum absolute atomic E-state index is 0.176. The fraction of sp³-hybridized carbons (Fsp3) is 0.786. The maximum atomic E-state index is 9.60. The van der Waals surface area contributed by atoms with Crippen LogP contribution in [0.4, 0.5) is 0 Å². The largest absolute Gasteiger partial charge is 0.478 e. The van der Waals surface area contributed by atoms with Crippen molar-refractivity contribution in [1.82, 2.24) is 0 Å². The summed E-state index contributed by atoms with van der Waals surface area (Å²) in [4.78, 5) is 9.60. The Bertz CT molecular complexity index is 202. The first-order valence-corrected chi connectivity index (χ1v) is 6.60. The number of rotatable bonds is 9. The topological polar surface area (TPSA) is 66.8 Å². The zero-order valence-electron chi connectivity index (χ0n) is 11.9. The average Bonchev–Trinajstić information content (AvgIpc) is 2.33. The summed E-state index contributed by atoms with van der Waals surface area (Å²) in [5.41, 5.74) is 0.176. The van der Waals surface area contributed by atoms with E-state index in [1.807, 2.05) is 6.92 Å². The average molecular weight is 260 g/mol. The van der Waals surface area contributed by atoms with Gasteiger partial charge in [-0.05, 0) is 19.8 Å². The van der Waals surface area contributed by atoms with Crippen LogP contribution >= 0.6 is 0 Å². The van der Waals surface area contributed by atoms with E-state index in [1.165, 1.54) is 26.2 Å². The van der Waals surface area contributed by atoms with Gasteiger partial charge >= 0.3 is 5.97 Å². The molecule has 0 bridgehead atoms. The number of hydrogen-bond donors (Lipinski definition) is 2. The van der Waals surface area contributed by atoms with Crippen LogP contribution in [0.2, 0.25) is 0 Å². The molecule has 0 heterocycles. The van der Waals surface area contributed by atoms with Gasteiger partial charge in [0.1, 0.15) is 0 Å². The molecule has 18 heavy (non-hydrogen) atoms. The lowest BCUT2D eigenvalue weighted by Crippen LogP contribution is -2.14. The summed E-state index contributed by atoms with van der Waals surface area (Å²) in [5, 5.41) is 17.0. The van der Waals surface area contributed by atoms with Crippen LogP contribution in [0.1, 0.15) is 52.9 Å². The lowest BCUT2D eigenvalue weighted by atomic mass is 10.2. The third-order valence-electron chi connectivity index (χ3n) is 2.29. The molecular formula is C14H28O4. The van der Waals surface area contributed by atoms with Gasteiger partial charge in [-0.1, -0.05) is 39.7 Å². The van der Waals surface area contributed by atoms with E-state index in [4.69, 9.17) is 14.9 Å². The molecule has 0 radical (unpaired) electrons. The summed E-state index contributed by atoms with van der Waals surface area (Å²) >= 11 is 0. The Hall–Kier alpha value is -0.870. The molecule has 1 unspecified atom stereocenters. The van der Waals surface area contributed by atoms with Crippen LogP contribution in [0.25, 0.3) is 0 Å². The van der Waals surface area contributed by atoms with E-state index >= 15 is 0 Å². The quantitative estimate of drug-likeness (QED) is 0.494. The van der Waals surface area contributed by atoms with Gasteiger partial charge in [0.15, 0.2) is 0 Å². The van der Waals surface area contributed by atoms with Crippen LogP contribution in [0.5, 0.6) is 0 Å². The van der Waals surface area contributed by atoms with Crippen molar-refractivity contribution in [2.75, 3.05) is 13.2 Å². The number of hydrogen-bond acceptors (Lipinski definition) is 3. The number of carboxylic acid groups (broad SMARTS) is 1. The highest BCUT2D eigenvalue weighted by atomic mass is 16.5. The van der Waals surface area contributed by atoms with Crippen molar-refractivity contribution in [2.45, 2.75) is 59.0 Å². The van der Waals surface area contributed by atoms with Crippen LogP contribution in [0.3, 0.4) is 0 Å². The molecule has 0 spiro atoms. The third-order valence-corrected chi connectivity index (χ3v) is 2.29. The minimum atomic E-state index is -0.935. The van der Waals surface area contributed by atoms with Gasteiger partial charge in [-0.15, -0.1) is 0 Å². The van der Waals surface area contributed by atoms with Crippen LogP contribution < -0.4 is 0 Å². The highest BCUT2D eigenvalue weighted by Crippen LogP contribution is 1.99. The number of aliphatic hydroxyl groups is 1. The lowest BCUT2D eigenvalue weighted by Gasteiger charge is -2.07. The molecule has 0 aliphatic rings. The normalized spacial score (nSPS) is 11.3. The molecule has 0 aliphatic carbocycles. The molecule has 0 rings (SSSR count). The second-order valence-corrected chi connectivity index (χ2v) is 4.28. The predicted molar refractivity (Wildman–Crippen MR) is 73.7 cm³/mol. The number of unbranched alkanes of at least 4 members (excludes halogenated alkanes) is 3. The summed E-state index contributed by atoms with van der Waals surface area (Å²) in [6.45, 7) is 10.1. The van der Waals surface area contributed by atoms with Gasteiger partial charge in [0.2, 0.25) is 0 Å². The van der Waals surface area contributed by atoms with E-state index in [0.717, 1.165) is 19.4 Å². The van der Waals surface area contributed by atoms with Crippen molar-refractivity contribution in [1.29, 1.82) is 0 Å². The molecule has 0 aromatic carbocycles. The Labute approximate surface area is 111 Å². The van der Waals surface area contributed by atoms with E-state index in [0.29, 0.717) is 6.61 Å². The number of carbonyl (C=O) groups is 1. The zero-order chi connectivity index (χ0) is 14.4. The van der Waals surface area contributed by atoms with Gasteiger partial charge in [0.05, 0.1) is 12.7 Å². The van der Waals surface area contributed by atoms with Crippen LogP contribution in [-0.2, 0) is 9.53 Å². The monoisotopic (exact) mass is 260 g/mol. The Morgan fingerprint density at radius 3 is 2.22 bits per heavy atom. The minimum Gasteiger partial charge on any atom is -0.478 e. The summed E-state index contributed by atoms with van der Waals surface area (Å²) in [7, 11) is 0. The number of ether oxygens (including phenoxy) is 1. The molecule has 4 heteroatoms. The summed E-state index contributed by atoms with van der Waals surface area (Å²) in [6, 6.07) is 0. The van der Waals surface area contributed by atoms with E-state index in [-0.39, 0.29) is 11.7 Å². The molecule has 2 N–H and O–H groups in total. The first-order chi connectivity index (χ1) is 8.45. The van der Waals surface area contributed by atoms with Crippen molar-refractivity contribution in [2.24, 2.45) is 0 Å². The Morgan fingerprint density at radius 1 is 1.28 bits per heavy atom. The van der Waals surface area contributed by atoms with Gasteiger partial charge in [-0.25, -0.2) is 4.79 Å². The van der Waals surface area contributed by atoms with Crippen LogP contribution in [0.15, 0.2) is 12.2 Å². The summed E-state index contributed by atoms with van der Waals surface area (Å²) < 4.78 is 5.28. The molecular weight excluding hydrogens is 232 g/mol. The zero-order valence-corrected chi connectivity index (χ0v) is 11.9. The third kappa shape index (κ3) is 17.5. The van der Waals surface area contributed by atoms with Crippen LogP contribution in [-0.4, -0.2) is 35.5 Å². The number of aliphatic hydroxyl groups excluding tert-OH is 1. The fourth-order valence-electron chi connectivity index (χ4n) is 0.968. The molecule has 108 valence electrons. The highest BCUT2D eigenvalue weighted by Gasteiger charge is 1.98. The SMILES string of the molecule is C=C(C)C(=O)O.CCCCCCOCC(O)CC. The molecule has 0 aromatic heterocycles. The van der Waals surface area contributed by atoms with Crippen molar-refractivity contribution >= 4 is 5.97 Å². The highest BCUT2D eigenvalue weighted by molar-refractivity contribution is 5.84. The second kappa shape index (κ2) is 14.2. The number of aliphatic carboxylic acids is 1. The molecule has 4 nitrogen and oxygen atoms in total. The molecule has 0 aromatic rings. The first kappa shape index (κ1) is 19.5. The van der Waals surface area contributed by atoms with E-state index < -0.39 is 5.97 Å². The second-order valence-electron chi connectivity index (χ2n) is 4.28. The maximum absolute atomic E-state index is 9.60. The fourth-order valence-corrected chi connectivity index (χ4v) is 0.968. The van der Waals surface area contributed by atoms with Gasteiger partial charge in [0, 0.05) is 12.2 Å². The van der Waals surface area contributed by atoms with Gasteiger partial charge in [-0.2, -0.15) is 0 Å². The molecule has 0 saturated heterocycles. The Balaban J connectivity index is 0. The van der Waals surface area contributed by atoms with Gasteiger partial charge in [0.25, 0.3) is 0 Å². The molecule has 0 aliphatic heterocycles. The van der Waals surface area contributed by atoms with E-state index in [1.54, 1.807) is 0 Å². The van der Waals surface area contributed by atoms with E-state index in [9.17, 15) is 4.79 Å². The van der Waals surface area contributed by atoms with Crippen LogP contribution in [0, 0.1) is 0 Å². The summed E-state index contributed by atoms with van der Waals surface area (Å²) in [5.74, 6) is -0.935. The Kier molecular flexibility index (Phi) is 15.4. The van der Waals surface area contributed by atoms with Crippen molar-refractivity contribution in [3.8, 4) is 0 Å². The van der Waals surface area contributed by atoms with Crippen molar-refractivity contribution < 1.29 is 19.7 Å². The number of carboxylic acids is 1. The van der Waals surface area contributed by atoms with Crippen molar-refractivity contribution in [3.05, 3.63) is 12.2 Å². The molecule has 0 saturated carbocycles. The molecule has 1 atom stereocenters. The van der Waals surface area contributed by atoms with Crippen molar-refractivity contribution in [3.63, 3.8) is 0 Å². The Morgan fingerprint density at radius 2 is 1.83 bits per heavy atom. The smallest absolute Gasteiger partial charge is 0.330 e. The maximum Gasteiger partial charge on any atom is 0.330 e. The lowest BCUT2D eigenvalue weighted by molar-refractivity contribution is -0.132. The summed E-state index contributed by atoms with van der Waals surface area (Å²) in [6.07, 6.45) is 5.45. The van der Waals surface area contributed by atoms with Gasteiger partial charge in [-0.3, -0.25) is 0 Å². The predicted octanol–water partition coefficient (Wildman–Crippen LogP) is 3.00. The van der Waals surface area contributed by atoms with Gasteiger partial charge < -0.3 is 14.9 Å². The molecule has 0 amide bonds. The molecule has 0 fully saturated rings. The standard InChI is InChI=1S/C10H22O2.C4H6O2/c1-3-5-6-7-8-12-9-10(11)4-2;1-3(2)4(5)6/h10-11H,3-9H2,1-2H3;1H2,2H3,(H,5,6). The van der Waals surface area contributed by atoms with E-state index in [2.05, 4.69) is 13.5 Å². The first-order valence-electron chi connectivity index (χ1n) is 6.60.